The zero-order chi connectivity index (χ0) is 12.6. The molecule has 0 unspecified atom stereocenters. The van der Waals surface area contributed by atoms with E-state index in [0.717, 1.165) is 28.1 Å². The lowest BCUT2D eigenvalue weighted by atomic mass is 9.99. The molecule has 88 valence electrons. The van der Waals surface area contributed by atoms with Gasteiger partial charge < -0.3 is 0 Å². The molecule has 0 amide bonds. The van der Waals surface area contributed by atoms with Crippen molar-refractivity contribution in [3.05, 3.63) is 51.3 Å². The predicted molar refractivity (Wildman–Crippen MR) is 73.9 cm³/mol. The first-order valence-corrected chi connectivity index (χ1v) is 6.15. The number of rotatable bonds is 1. The third-order valence-electron chi connectivity index (χ3n) is 2.89. The number of hydrogen-bond donors (Lipinski definition) is 0. The van der Waals surface area contributed by atoms with Gasteiger partial charge in [0, 0.05) is 17.0 Å². The molecule has 2 rings (SSSR count). The number of halogens is 2. The summed E-state index contributed by atoms with van der Waals surface area (Å²) in [5, 5.41) is 1.18. The van der Waals surface area contributed by atoms with E-state index < -0.39 is 0 Å². The van der Waals surface area contributed by atoms with Crippen LogP contribution in [-0.4, -0.2) is 4.98 Å². The van der Waals surface area contributed by atoms with Gasteiger partial charge in [-0.2, -0.15) is 0 Å². The first kappa shape index (κ1) is 12.4. The molecule has 1 aromatic carbocycles. The normalized spacial score (nSPS) is 10.6. The number of aromatic nitrogens is 1. The molecule has 0 spiro atoms. The fourth-order valence-corrected chi connectivity index (χ4v) is 2.29. The van der Waals surface area contributed by atoms with Gasteiger partial charge in [-0.1, -0.05) is 35.3 Å². The van der Waals surface area contributed by atoms with Crippen LogP contribution in [0.1, 0.15) is 17.0 Å². The molecule has 0 aliphatic rings. The van der Waals surface area contributed by atoms with E-state index in [2.05, 4.69) is 4.98 Å². The summed E-state index contributed by atoms with van der Waals surface area (Å²) in [6.45, 7) is 6.03. The van der Waals surface area contributed by atoms with Crippen molar-refractivity contribution in [2.45, 2.75) is 20.8 Å². The molecule has 17 heavy (non-hydrogen) atoms. The van der Waals surface area contributed by atoms with Crippen molar-refractivity contribution < 1.29 is 0 Å². The Morgan fingerprint density at radius 3 is 2.41 bits per heavy atom. The first-order chi connectivity index (χ1) is 8.00. The molecule has 1 aromatic heterocycles. The molecule has 0 radical (unpaired) electrons. The largest absolute Gasteiger partial charge is 0.258 e. The van der Waals surface area contributed by atoms with Crippen LogP contribution in [0.5, 0.6) is 0 Å². The number of aryl methyl sites for hydroxylation is 2. The number of pyridine rings is 1. The maximum absolute atomic E-state index is 6.25. The van der Waals surface area contributed by atoms with E-state index in [1.165, 1.54) is 0 Å². The quantitative estimate of drug-likeness (QED) is 0.709. The van der Waals surface area contributed by atoms with E-state index in [0.29, 0.717) is 10.0 Å². The second-order valence-corrected chi connectivity index (χ2v) is 4.91. The topological polar surface area (TPSA) is 12.9 Å². The molecule has 2 aromatic rings. The van der Waals surface area contributed by atoms with Crippen molar-refractivity contribution in [1.82, 2.24) is 4.98 Å². The van der Waals surface area contributed by atoms with E-state index in [-0.39, 0.29) is 0 Å². The molecule has 0 N–H and O–H groups in total. The minimum Gasteiger partial charge on any atom is -0.258 e. The molecule has 0 saturated heterocycles. The summed E-state index contributed by atoms with van der Waals surface area (Å²) < 4.78 is 0. The Morgan fingerprint density at radius 2 is 1.71 bits per heavy atom. The fraction of sp³-hybridized carbons (Fsp3) is 0.214. The smallest absolute Gasteiger partial charge is 0.0670 e. The van der Waals surface area contributed by atoms with E-state index in [9.17, 15) is 0 Å². The van der Waals surface area contributed by atoms with Crippen LogP contribution < -0.4 is 0 Å². The molecule has 1 heterocycles. The van der Waals surface area contributed by atoms with Crippen molar-refractivity contribution in [2.24, 2.45) is 0 Å². The Labute approximate surface area is 111 Å². The molecule has 0 saturated carbocycles. The van der Waals surface area contributed by atoms with Gasteiger partial charge in [-0.15, -0.1) is 0 Å². The molecule has 0 atom stereocenters. The van der Waals surface area contributed by atoms with Crippen molar-refractivity contribution in [1.29, 1.82) is 0 Å². The van der Waals surface area contributed by atoms with E-state index in [4.69, 9.17) is 23.2 Å². The highest BCUT2D eigenvalue weighted by Gasteiger charge is 2.11. The van der Waals surface area contributed by atoms with Crippen LogP contribution in [0.3, 0.4) is 0 Å². The number of benzene rings is 1. The van der Waals surface area contributed by atoms with E-state index in [1.54, 1.807) is 6.07 Å². The summed E-state index contributed by atoms with van der Waals surface area (Å²) in [7, 11) is 0. The van der Waals surface area contributed by atoms with Gasteiger partial charge in [-0.25, -0.2) is 0 Å². The van der Waals surface area contributed by atoms with E-state index in [1.807, 2.05) is 39.0 Å². The predicted octanol–water partition coefficient (Wildman–Crippen LogP) is 4.98. The molecule has 0 bridgehead atoms. The van der Waals surface area contributed by atoms with Gasteiger partial charge in [0.2, 0.25) is 0 Å². The first-order valence-electron chi connectivity index (χ1n) is 5.40. The van der Waals surface area contributed by atoms with Gasteiger partial charge in [-0.05, 0) is 44.0 Å². The van der Waals surface area contributed by atoms with Crippen LogP contribution in [0.25, 0.3) is 11.1 Å². The minimum absolute atomic E-state index is 0.579. The summed E-state index contributed by atoms with van der Waals surface area (Å²) in [5.74, 6) is 0. The standard InChI is InChI=1S/C14H13Cl2N/c1-8-7-12(9(2)10(3)17-8)11-5-4-6-13(15)14(11)16/h4-7H,1-3H3. The zero-order valence-electron chi connectivity index (χ0n) is 10.0. The van der Waals surface area contributed by atoms with Gasteiger partial charge in [0.05, 0.1) is 10.0 Å². The van der Waals surface area contributed by atoms with Gasteiger partial charge in [0.1, 0.15) is 0 Å². The third-order valence-corrected chi connectivity index (χ3v) is 3.70. The number of nitrogens with zero attached hydrogens (tertiary/aromatic N) is 1. The summed E-state index contributed by atoms with van der Waals surface area (Å²) in [6.07, 6.45) is 0. The Kier molecular flexibility index (Phi) is 3.41. The molecular weight excluding hydrogens is 253 g/mol. The molecule has 1 nitrogen and oxygen atoms in total. The van der Waals surface area contributed by atoms with Crippen molar-refractivity contribution in [2.75, 3.05) is 0 Å². The lowest BCUT2D eigenvalue weighted by Crippen LogP contribution is -1.94. The Morgan fingerprint density at radius 1 is 1.00 bits per heavy atom. The summed E-state index contributed by atoms with van der Waals surface area (Å²) >= 11 is 12.3. The monoisotopic (exact) mass is 265 g/mol. The SMILES string of the molecule is Cc1cc(-c2cccc(Cl)c2Cl)c(C)c(C)n1. The summed E-state index contributed by atoms with van der Waals surface area (Å²) in [4.78, 5) is 4.44. The van der Waals surface area contributed by atoms with Crippen LogP contribution in [0.15, 0.2) is 24.3 Å². The molecule has 3 heteroatoms. The van der Waals surface area contributed by atoms with Crippen molar-refractivity contribution in [3.63, 3.8) is 0 Å². The van der Waals surface area contributed by atoms with E-state index >= 15 is 0 Å². The highest BCUT2D eigenvalue weighted by molar-refractivity contribution is 6.43. The highest BCUT2D eigenvalue weighted by Crippen LogP contribution is 2.35. The van der Waals surface area contributed by atoms with Gasteiger partial charge >= 0.3 is 0 Å². The lowest BCUT2D eigenvalue weighted by molar-refractivity contribution is 1.09. The average molecular weight is 266 g/mol. The van der Waals surface area contributed by atoms with Crippen LogP contribution in [-0.2, 0) is 0 Å². The van der Waals surface area contributed by atoms with Crippen molar-refractivity contribution >= 4 is 23.2 Å². The number of hydrogen-bond acceptors (Lipinski definition) is 1. The summed E-state index contributed by atoms with van der Waals surface area (Å²) in [5.41, 5.74) is 5.21. The van der Waals surface area contributed by atoms with Crippen LogP contribution >= 0.6 is 23.2 Å². The third kappa shape index (κ3) is 2.31. The molecular formula is C14H13Cl2N. The maximum Gasteiger partial charge on any atom is 0.0670 e. The van der Waals surface area contributed by atoms with Crippen LogP contribution in [0.4, 0.5) is 0 Å². The maximum atomic E-state index is 6.25. The Balaban J connectivity index is 2.73. The van der Waals surface area contributed by atoms with Gasteiger partial charge in [0.25, 0.3) is 0 Å². The minimum atomic E-state index is 0.579. The molecule has 0 aliphatic carbocycles. The Hall–Kier alpha value is -1.05. The highest BCUT2D eigenvalue weighted by atomic mass is 35.5. The zero-order valence-corrected chi connectivity index (χ0v) is 11.5. The van der Waals surface area contributed by atoms with Gasteiger partial charge in [-0.3, -0.25) is 4.98 Å². The van der Waals surface area contributed by atoms with Crippen molar-refractivity contribution in [3.8, 4) is 11.1 Å². The average Bonchev–Trinajstić information content (AvgIpc) is 2.27. The molecule has 0 fully saturated rings. The van der Waals surface area contributed by atoms with Crippen LogP contribution in [0.2, 0.25) is 10.0 Å². The van der Waals surface area contributed by atoms with Gasteiger partial charge in [0.15, 0.2) is 0 Å². The fourth-order valence-electron chi connectivity index (χ4n) is 1.88. The molecule has 0 aliphatic heterocycles. The Bertz CT molecular complexity index is 577. The van der Waals surface area contributed by atoms with Crippen LogP contribution in [0, 0.1) is 20.8 Å². The second kappa shape index (κ2) is 4.67. The summed E-state index contributed by atoms with van der Waals surface area (Å²) in [6, 6.07) is 7.73. The lowest BCUT2D eigenvalue weighted by Gasteiger charge is -2.12. The second-order valence-electron chi connectivity index (χ2n) is 4.12.